The van der Waals surface area contributed by atoms with Crippen LogP contribution in [0.15, 0.2) is 42.5 Å². The Morgan fingerprint density at radius 3 is 2.81 bits per heavy atom. The minimum atomic E-state index is -0.109. The number of methoxy groups -OCH3 is 2. The molecule has 0 saturated heterocycles. The molecule has 0 fully saturated rings. The van der Waals surface area contributed by atoms with Crippen molar-refractivity contribution in [3.63, 3.8) is 0 Å². The van der Waals surface area contributed by atoms with Crippen molar-refractivity contribution in [2.45, 2.75) is 12.8 Å². The Labute approximate surface area is 153 Å². The Bertz CT molecular complexity index is 814. The average molecular weight is 353 g/mol. The number of fused-ring (bicyclic) bond motifs is 1. The fourth-order valence-electron chi connectivity index (χ4n) is 2.91. The van der Waals surface area contributed by atoms with Gasteiger partial charge >= 0.3 is 0 Å². The van der Waals surface area contributed by atoms with Gasteiger partial charge in [0.2, 0.25) is 5.91 Å². The maximum absolute atomic E-state index is 12.0. The Kier molecular flexibility index (Phi) is 5.79. The van der Waals surface area contributed by atoms with Gasteiger partial charge in [-0.1, -0.05) is 12.1 Å². The minimum Gasteiger partial charge on any atom is -0.493 e. The summed E-state index contributed by atoms with van der Waals surface area (Å²) in [5.41, 5.74) is 3.27. The van der Waals surface area contributed by atoms with Crippen LogP contribution < -0.4 is 19.5 Å². The minimum absolute atomic E-state index is 0.109. The van der Waals surface area contributed by atoms with Crippen molar-refractivity contribution in [1.82, 2.24) is 5.32 Å². The maximum atomic E-state index is 12.0. The molecule has 2 aromatic rings. The lowest BCUT2D eigenvalue weighted by Gasteiger charge is -2.09. The SMILES string of the molecule is COc1ccc(CCNC(=O)C=Cc2ccc3c(c2)CCO3)cc1OC. The van der Waals surface area contributed by atoms with Gasteiger partial charge in [-0.3, -0.25) is 4.79 Å². The first-order valence-corrected chi connectivity index (χ1v) is 8.62. The van der Waals surface area contributed by atoms with E-state index in [0.29, 0.717) is 18.0 Å². The summed E-state index contributed by atoms with van der Waals surface area (Å²) in [7, 11) is 3.22. The van der Waals surface area contributed by atoms with E-state index in [1.165, 1.54) is 5.56 Å². The number of carbonyl (C=O) groups excluding carboxylic acids is 1. The zero-order valence-electron chi connectivity index (χ0n) is 15.1. The lowest BCUT2D eigenvalue weighted by Crippen LogP contribution is -2.23. The van der Waals surface area contributed by atoms with Gasteiger partial charge in [0.25, 0.3) is 0 Å². The summed E-state index contributed by atoms with van der Waals surface area (Å²) >= 11 is 0. The van der Waals surface area contributed by atoms with Crippen LogP contribution in [-0.4, -0.2) is 33.3 Å². The lowest BCUT2D eigenvalue weighted by atomic mass is 10.1. The van der Waals surface area contributed by atoms with Crippen LogP contribution in [0.25, 0.3) is 6.08 Å². The summed E-state index contributed by atoms with van der Waals surface area (Å²) in [5, 5.41) is 2.90. The summed E-state index contributed by atoms with van der Waals surface area (Å²) in [5.74, 6) is 2.23. The largest absolute Gasteiger partial charge is 0.493 e. The van der Waals surface area contributed by atoms with E-state index in [1.54, 1.807) is 20.3 Å². The van der Waals surface area contributed by atoms with Gasteiger partial charge in [-0.05, 0) is 53.5 Å². The van der Waals surface area contributed by atoms with Crippen molar-refractivity contribution in [3.05, 3.63) is 59.2 Å². The molecule has 5 heteroatoms. The second kappa shape index (κ2) is 8.43. The van der Waals surface area contributed by atoms with Gasteiger partial charge in [0, 0.05) is 19.0 Å². The van der Waals surface area contributed by atoms with Gasteiger partial charge in [0.1, 0.15) is 5.75 Å². The molecule has 0 aromatic heterocycles. The number of nitrogens with one attached hydrogen (secondary N) is 1. The van der Waals surface area contributed by atoms with Crippen LogP contribution in [-0.2, 0) is 17.6 Å². The zero-order chi connectivity index (χ0) is 18.4. The van der Waals surface area contributed by atoms with Crippen molar-refractivity contribution in [1.29, 1.82) is 0 Å². The van der Waals surface area contributed by atoms with E-state index in [9.17, 15) is 4.79 Å². The lowest BCUT2D eigenvalue weighted by molar-refractivity contribution is -0.116. The second-order valence-electron chi connectivity index (χ2n) is 6.03. The molecule has 2 aromatic carbocycles. The van der Waals surface area contributed by atoms with E-state index in [0.717, 1.165) is 36.3 Å². The standard InChI is InChI=1S/C21H23NO4/c1-24-19-7-4-16(14-20(19)25-2)9-11-22-21(23)8-5-15-3-6-18-17(13-15)10-12-26-18/h3-8,13-14H,9-12H2,1-2H3,(H,22,23). The Morgan fingerprint density at radius 1 is 1.15 bits per heavy atom. The van der Waals surface area contributed by atoms with Gasteiger partial charge in [-0.25, -0.2) is 0 Å². The fourth-order valence-corrected chi connectivity index (χ4v) is 2.91. The normalized spacial score (nSPS) is 12.5. The first-order valence-electron chi connectivity index (χ1n) is 8.62. The highest BCUT2D eigenvalue weighted by molar-refractivity contribution is 5.91. The number of amides is 1. The third kappa shape index (κ3) is 4.36. The summed E-state index contributed by atoms with van der Waals surface area (Å²) < 4.78 is 16.0. The van der Waals surface area contributed by atoms with Gasteiger partial charge in [0.05, 0.1) is 20.8 Å². The van der Waals surface area contributed by atoms with Crippen LogP contribution >= 0.6 is 0 Å². The zero-order valence-corrected chi connectivity index (χ0v) is 15.1. The highest BCUT2D eigenvalue weighted by atomic mass is 16.5. The average Bonchev–Trinajstić information content (AvgIpc) is 3.14. The summed E-state index contributed by atoms with van der Waals surface area (Å²) in [6.07, 6.45) is 5.03. The number of benzene rings is 2. The van der Waals surface area contributed by atoms with Gasteiger partial charge in [-0.2, -0.15) is 0 Å². The molecule has 0 unspecified atom stereocenters. The van der Waals surface area contributed by atoms with E-state index < -0.39 is 0 Å². The fraction of sp³-hybridized carbons (Fsp3) is 0.286. The Balaban J connectivity index is 1.50. The molecule has 5 nitrogen and oxygen atoms in total. The van der Waals surface area contributed by atoms with Crippen LogP contribution in [0.4, 0.5) is 0 Å². The van der Waals surface area contributed by atoms with Crippen molar-refractivity contribution < 1.29 is 19.0 Å². The molecule has 0 bridgehead atoms. The highest BCUT2D eigenvalue weighted by Gasteiger charge is 2.11. The molecule has 26 heavy (non-hydrogen) atoms. The van der Waals surface area contributed by atoms with E-state index in [-0.39, 0.29) is 5.91 Å². The van der Waals surface area contributed by atoms with E-state index in [2.05, 4.69) is 11.4 Å². The Morgan fingerprint density at radius 2 is 2.00 bits per heavy atom. The van der Waals surface area contributed by atoms with Crippen LogP contribution in [0.1, 0.15) is 16.7 Å². The number of rotatable bonds is 7. The van der Waals surface area contributed by atoms with Crippen molar-refractivity contribution in [2.24, 2.45) is 0 Å². The monoisotopic (exact) mass is 353 g/mol. The van der Waals surface area contributed by atoms with E-state index in [1.807, 2.05) is 36.4 Å². The Hall–Kier alpha value is -2.95. The van der Waals surface area contributed by atoms with E-state index in [4.69, 9.17) is 14.2 Å². The number of hydrogen-bond donors (Lipinski definition) is 1. The summed E-state index contributed by atoms with van der Waals surface area (Å²) in [6, 6.07) is 11.7. The molecule has 0 aliphatic carbocycles. The summed E-state index contributed by atoms with van der Waals surface area (Å²) in [6.45, 7) is 1.29. The van der Waals surface area contributed by atoms with Crippen LogP contribution in [0.2, 0.25) is 0 Å². The van der Waals surface area contributed by atoms with Crippen molar-refractivity contribution in [2.75, 3.05) is 27.4 Å². The molecule has 0 atom stereocenters. The topological polar surface area (TPSA) is 56.8 Å². The molecule has 1 aliphatic rings. The molecule has 1 N–H and O–H groups in total. The van der Waals surface area contributed by atoms with Gasteiger partial charge in [0.15, 0.2) is 11.5 Å². The first kappa shape index (κ1) is 17.9. The number of carbonyl (C=O) groups is 1. The maximum Gasteiger partial charge on any atom is 0.244 e. The summed E-state index contributed by atoms with van der Waals surface area (Å²) in [4.78, 5) is 12.0. The molecule has 136 valence electrons. The molecular weight excluding hydrogens is 330 g/mol. The molecule has 1 heterocycles. The molecule has 3 rings (SSSR count). The van der Waals surface area contributed by atoms with Gasteiger partial charge in [-0.15, -0.1) is 0 Å². The molecular formula is C21H23NO4. The van der Waals surface area contributed by atoms with Crippen LogP contribution in [0.5, 0.6) is 17.2 Å². The third-order valence-electron chi connectivity index (χ3n) is 4.30. The third-order valence-corrected chi connectivity index (χ3v) is 4.30. The van der Waals surface area contributed by atoms with Crippen LogP contribution in [0, 0.1) is 0 Å². The second-order valence-corrected chi connectivity index (χ2v) is 6.03. The number of ether oxygens (including phenoxy) is 3. The molecule has 0 spiro atoms. The molecule has 1 amide bonds. The molecule has 0 radical (unpaired) electrons. The quantitative estimate of drug-likeness (QED) is 0.778. The molecule has 1 aliphatic heterocycles. The predicted octanol–water partition coefficient (Wildman–Crippen LogP) is 3.01. The predicted molar refractivity (Wildman–Crippen MR) is 101 cm³/mol. The van der Waals surface area contributed by atoms with Gasteiger partial charge < -0.3 is 19.5 Å². The van der Waals surface area contributed by atoms with Crippen molar-refractivity contribution in [3.8, 4) is 17.2 Å². The first-order chi connectivity index (χ1) is 12.7. The highest BCUT2D eigenvalue weighted by Crippen LogP contribution is 2.28. The smallest absolute Gasteiger partial charge is 0.244 e. The van der Waals surface area contributed by atoms with Crippen molar-refractivity contribution >= 4 is 12.0 Å². The number of hydrogen-bond acceptors (Lipinski definition) is 4. The molecule has 0 saturated carbocycles. The van der Waals surface area contributed by atoms with Crippen LogP contribution in [0.3, 0.4) is 0 Å². The van der Waals surface area contributed by atoms with E-state index >= 15 is 0 Å².